The highest BCUT2D eigenvalue weighted by Gasteiger charge is 2.33. The largest absolute Gasteiger partial charge is 0.444 e. The van der Waals surface area contributed by atoms with E-state index in [0.29, 0.717) is 19.3 Å². The first kappa shape index (κ1) is 22.2. The van der Waals surface area contributed by atoms with Crippen LogP contribution in [0.2, 0.25) is 0 Å². The van der Waals surface area contributed by atoms with Gasteiger partial charge in [0.15, 0.2) is 0 Å². The summed E-state index contributed by atoms with van der Waals surface area (Å²) in [6.07, 6.45) is 2.38. The first-order valence-electron chi connectivity index (χ1n) is 9.93. The topological polar surface area (TPSA) is 79.5 Å². The lowest BCUT2D eigenvalue weighted by molar-refractivity contribution is -0.00812. The average Bonchev–Trinajstić information content (AvgIpc) is 3.25. The second-order valence-electron chi connectivity index (χ2n) is 8.49. The highest BCUT2D eigenvalue weighted by atomic mass is 19.1. The van der Waals surface area contributed by atoms with Crippen LogP contribution in [0.25, 0.3) is 0 Å². The lowest BCUT2D eigenvalue weighted by Crippen LogP contribution is -2.50. The number of aromatic nitrogens is 2. The van der Waals surface area contributed by atoms with Crippen molar-refractivity contribution in [1.82, 2.24) is 20.4 Å². The van der Waals surface area contributed by atoms with Gasteiger partial charge in [-0.2, -0.15) is 5.10 Å². The molecular weight excluding hydrogens is 394 g/mol. The number of benzene rings is 1. The number of carbonyl (C=O) groups is 1. The highest BCUT2D eigenvalue weighted by molar-refractivity contribution is 5.68. The summed E-state index contributed by atoms with van der Waals surface area (Å²) in [5.41, 5.74) is 1.95. The van der Waals surface area contributed by atoms with Crippen molar-refractivity contribution < 1.29 is 23.0 Å². The maximum absolute atomic E-state index is 11.9. The molecule has 2 atom stereocenters. The molecule has 1 fully saturated rings. The van der Waals surface area contributed by atoms with Gasteiger partial charge in [-0.3, -0.25) is 10.00 Å². The van der Waals surface area contributed by atoms with E-state index in [0.717, 1.165) is 43.8 Å². The monoisotopic (exact) mass is 422 g/mol. The third kappa shape index (κ3) is 6.50. The Hall–Kier alpha value is -2.52. The Morgan fingerprint density at radius 2 is 1.87 bits per heavy atom. The Morgan fingerprint density at radius 1 is 1.20 bits per heavy atom. The van der Waals surface area contributed by atoms with Crippen molar-refractivity contribution in [2.45, 2.75) is 58.0 Å². The van der Waals surface area contributed by atoms with Gasteiger partial charge >= 0.3 is 6.09 Å². The predicted octanol–water partition coefficient (Wildman–Crippen LogP) is 3.37. The fraction of sp³-hybridized carbons (Fsp3) is 0.524. The molecule has 1 aromatic heterocycles. The Bertz CT molecular complexity index is 794. The van der Waals surface area contributed by atoms with Gasteiger partial charge in [-0.1, -0.05) is 0 Å². The van der Waals surface area contributed by atoms with Crippen molar-refractivity contribution in [3.63, 3.8) is 0 Å². The van der Waals surface area contributed by atoms with Gasteiger partial charge in [0.1, 0.15) is 17.2 Å². The number of hydrogen-bond donors (Lipinski definition) is 2. The summed E-state index contributed by atoms with van der Waals surface area (Å²) in [6, 6.07) is 4.61. The third-order valence-corrected chi connectivity index (χ3v) is 4.77. The van der Waals surface area contributed by atoms with Crippen molar-refractivity contribution >= 4 is 6.09 Å². The van der Waals surface area contributed by atoms with Gasteiger partial charge in [0.2, 0.25) is 0 Å². The third-order valence-electron chi connectivity index (χ3n) is 4.77. The predicted molar refractivity (Wildman–Crippen MR) is 107 cm³/mol. The van der Waals surface area contributed by atoms with Gasteiger partial charge in [0.05, 0.1) is 31.1 Å². The van der Waals surface area contributed by atoms with Gasteiger partial charge in [-0.15, -0.1) is 0 Å². The van der Waals surface area contributed by atoms with Crippen LogP contribution in [-0.4, -0.2) is 52.1 Å². The fourth-order valence-electron chi connectivity index (χ4n) is 3.42. The molecule has 1 amide bonds. The Kier molecular flexibility index (Phi) is 7.04. The van der Waals surface area contributed by atoms with Crippen LogP contribution < -0.4 is 5.32 Å². The van der Waals surface area contributed by atoms with Gasteiger partial charge in [-0.05, 0) is 51.5 Å². The molecule has 0 aliphatic carbocycles. The van der Waals surface area contributed by atoms with E-state index in [-0.39, 0.29) is 12.1 Å². The summed E-state index contributed by atoms with van der Waals surface area (Å²) in [7, 11) is 0. The van der Waals surface area contributed by atoms with Crippen LogP contribution in [0, 0.1) is 11.6 Å². The molecule has 2 aliphatic heterocycles. The van der Waals surface area contributed by atoms with E-state index in [2.05, 4.69) is 20.4 Å². The molecule has 2 aliphatic rings. The molecule has 0 bridgehead atoms. The quantitative estimate of drug-likeness (QED) is 0.776. The summed E-state index contributed by atoms with van der Waals surface area (Å²) in [4.78, 5) is 14.2. The van der Waals surface area contributed by atoms with Crippen LogP contribution in [0.4, 0.5) is 13.6 Å². The number of ether oxygens (including phenoxy) is 2. The molecule has 9 heteroatoms. The number of fused-ring (bicyclic) bond motifs is 1. The summed E-state index contributed by atoms with van der Waals surface area (Å²) in [5.74, 6) is -0.821. The molecule has 0 radical (unpaired) electrons. The molecule has 2 N–H and O–H groups in total. The van der Waals surface area contributed by atoms with Crippen molar-refractivity contribution in [2.75, 3.05) is 13.2 Å². The molecule has 0 spiro atoms. The van der Waals surface area contributed by atoms with E-state index in [1.54, 1.807) is 0 Å². The van der Waals surface area contributed by atoms with Crippen LogP contribution >= 0.6 is 0 Å². The molecular formula is C21H28F2N4O3. The fourth-order valence-corrected chi connectivity index (χ4v) is 3.42. The molecule has 0 saturated carbocycles. The van der Waals surface area contributed by atoms with Crippen molar-refractivity contribution in [1.29, 1.82) is 0 Å². The van der Waals surface area contributed by atoms with Crippen LogP contribution in [-0.2, 0) is 22.6 Å². The summed E-state index contributed by atoms with van der Waals surface area (Å²) in [6.45, 7) is 8.57. The van der Waals surface area contributed by atoms with Crippen LogP contribution in [0.1, 0.15) is 38.4 Å². The zero-order chi connectivity index (χ0) is 21.7. The molecule has 3 heterocycles. The minimum atomic E-state index is -0.482. The summed E-state index contributed by atoms with van der Waals surface area (Å²) >= 11 is 0. The van der Waals surface area contributed by atoms with E-state index in [1.807, 2.05) is 27.0 Å². The summed E-state index contributed by atoms with van der Waals surface area (Å²) in [5, 5.41) is 10.00. The van der Waals surface area contributed by atoms with E-state index in [9.17, 15) is 13.6 Å². The van der Waals surface area contributed by atoms with Crippen LogP contribution in [0.5, 0.6) is 0 Å². The molecule has 7 nitrogen and oxygen atoms in total. The molecule has 1 aromatic carbocycles. The van der Waals surface area contributed by atoms with Crippen LogP contribution in [0.15, 0.2) is 30.5 Å². The van der Waals surface area contributed by atoms with E-state index >= 15 is 0 Å². The number of amides is 1. The average molecular weight is 422 g/mol. The number of rotatable bonds is 2. The van der Waals surface area contributed by atoms with Crippen molar-refractivity contribution in [2.24, 2.45) is 0 Å². The molecule has 2 aromatic rings. The lowest BCUT2D eigenvalue weighted by atomic mass is 10.0. The number of nitrogens with one attached hydrogen (secondary N) is 2. The highest BCUT2D eigenvalue weighted by Crippen LogP contribution is 2.26. The molecule has 4 rings (SSSR count). The lowest BCUT2D eigenvalue weighted by Gasteiger charge is -2.35. The number of carbonyl (C=O) groups excluding carboxylic acids is 1. The van der Waals surface area contributed by atoms with Crippen molar-refractivity contribution in [3.05, 3.63) is 53.4 Å². The smallest absolute Gasteiger partial charge is 0.407 e. The summed E-state index contributed by atoms with van der Waals surface area (Å²) < 4.78 is 34.8. The standard InChI is InChI=1S/C15H24N4O3.C6H4F2/c1-15(2,3)22-14(20)17-11-4-12(9-21-8-11)19-6-10-5-16-18-13(10)7-19;7-5-1-2-6(8)4-3-5/h5,11-12H,4,6-9H2,1-3H3,(H,16,18)(H,17,20);1-4H. The minimum Gasteiger partial charge on any atom is -0.444 e. The molecule has 164 valence electrons. The van der Waals surface area contributed by atoms with Crippen LogP contribution in [0.3, 0.4) is 0 Å². The van der Waals surface area contributed by atoms with Crippen molar-refractivity contribution in [3.8, 4) is 0 Å². The molecule has 30 heavy (non-hydrogen) atoms. The first-order valence-corrected chi connectivity index (χ1v) is 9.93. The van der Waals surface area contributed by atoms with Gasteiger partial charge in [0, 0.05) is 24.7 Å². The van der Waals surface area contributed by atoms with E-state index in [4.69, 9.17) is 9.47 Å². The maximum atomic E-state index is 11.9. The molecule has 1 saturated heterocycles. The van der Waals surface area contributed by atoms with Gasteiger partial charge in [0.25, 0.3) is 0 Å². The number of alkyl carbamates (subject to hydrolysis) is 1. The number of halogens is 2. The molecule has 2 unspecified atom stereocenters. The minimum absolute atomic E-state index is 0.00864. The first-order chi connectivity index (χ1) is 14.2. The normalized spacial score (nSPS) is 21.4. The Morgan fingerprint density at radius 3 is 2.47 bits per heavy atom. The second-order valence-corrected chi connectivity index (χ2v) is 8.49. The van der Waals surface area contributed by atoms with E-state index < -0.39 is 17.2 Å². The zero-order valence-corrected chi connectivity index (χ0v) is 17.5. The van der Waals surface area contributed by atoms with E-state index in [1.165, 1.54) is 11.3 Å². The second kappa shape index (κ2) is 9.53. The SMILES string of the molecule is CC(C)(C)OC(=O)NC1COCC(N2Cc3cn[nH]c3C2)C1.Fc1ccc(F)cc1. The number of nitrogens with zero attached hydrogens (tertiary/aromatic N) is 2. The zero-order valence-electron chi connectivity index (χ0n) is 17.5. The number of aromatic amines is 1. The Labute approximate surface area is 174 Å². The van der Waals surface area contributed by atoms with Gasteiger partial charge in [-0.25, -0.2) is 13.6 Å². The Balaban J connectivity index is 0.000000269. The number of H-pyrrole nitrogens is 1. The number of hydrogen-bond acceptors (Lipinski definition) is 5. The maximum Gasteiger partial charge on any atom is 0.407 e. The van der Waals surface area contributed by atoms with Gasteiger partial charge < -0.3 is 14.8 Å².